The third kappa shape index (κ3) is 4.23. The molecule has 0 aliphatic carbocycles. The maximum Gasteiger partial charge on any atom is 0.178 e. The van der Waals surface area contributed by atoms with E-state index in [9.17, 15) is 4.39 Å². The molecule has 6 heteroatoms. The predicted octanol–water partition coefficient (Wildman–Crippen LogP) is 3.10. The molecule has 1 aromatic rings. The van der Waals surface area contributed by atoms with Crippen LogP contribution in [0.3, 0.4) is 0 Å². The smallest absolute Gasteiger partial charge is 0.178 e. The normalized spacial score (nSPS) is 9.19. The molecule has 0 atom stereocenters. The van der Waals surface area contributed by atoms with E-state index in [-0.39, 0.29) is 28.6 Å². The highest BCUT2D eigenvalue weighted by molar-refractivity contribution is 5.64. The molecule has 1 aromatic carbocycles. The van der Waals surface area contributed by atoms with Crippen LogP contribution in [-0.4, -0.2) is 6.61 Å². The molecule has 106 valence electrons. The molecule has 21 heavy (non-hydrogen) atoms. The quantitative estimate of drug-likeness (QED) is 0.838. The van der Waals surface area contributed by atoms with Crippen LogP contribution in [0.4, 0.5) is 10.1 Å². The molecule has 1 N–H and O–H groups in total. The molecule has 5 nitrogen and oxygen atoms in total. The highest BCUT2D eigenvalue weighted by Crippen LogP contribution is 2.29. The van der Waals surface area contributed by atoms with Gasteiger partial charge in [-0.05, 0) is 18.1 Å². The van der Waals surface area contributed by atoms with Crippen molar-refractivity contribution >= 4 is 5.69 Å². The average molecular weight is 284 g/mol. The van der Waals surface area contributed by atoms with Gasteiger partial charge >= 0.3 is 0 Å². The number of nitrogens with one attached hydrogen (secondary N) is 1. The van der Waals surface area contributed by atoms with Gasteiger partial charge in [0, 0.05) is 0 Å². The third-order valence-corrected chi connectivity index (χ3v) is 2.37. The van der Waals surface area contributed by atoms with Crippen LogP contribution in [0.15, 0.2) is 29.5 Å². The molecule has 0 aliphatic heterocycles. The number of hydrogen-bond acceptors (Lipinski definition) is 5. The van der Waals surface area contributed by atoms with Crippen molar-refractivity contribution in [3.05, 3.63) is 35.3 Å². The summed E-state index contributed by atoms with van der Waals surface area (Å²) in [5.41, 5.74) is -0.438. The van der Waals surface area contributed by atoms with Crippen LogP contribution < -0.4 is 10.1 Å². The molecule has 0 bridgehead atoms. The molecule has 0 radical (unpaired) electrons. The van der Waals surface area contributed by atoms with Crippen molar-refractivity contribution in [1.29, 1.82) is 15.8 Å². The lowest BCUT2D eigenvalue weighted by Gasteiger charge is -2.14. The number of para-hydroxylation sites is 1. The van der Waals surface area contributed by atoms with Crippen LogP contribution >= 0.6 is 0 Å². The molecule has 0 aliphatic rings. The highest BCUT2D eigenvalue weighted by atomic mass is 19.1. The lowest BCUT2D eigenvalue weighted by atomic mass is 10.2. The van der Waals surface area contributed by atoms with Crippen molar-refractivity contribution in [2.75, 3.05) is 11.9 Å². The number of hydrogen-bond donors (Lipinski definition) is 1. The first-order valence-electron chi connectivity index (χ1n) is 6.16. The van der Waals surface area contributed by atoms with Crippen molar-refractivity contribution in [1.82, 2.24) is 0 Å². The van der Waals surface area contributed by atoms with E-state index in [2.05, 4.69) is 5.32 Å². The van der Waals surface area contributed by atoms with Crippen molar-refractivity contribution in [3.8, 4) is 24.0 Å². The fraction of sp³-hybridized carbons (Fsp3) is 0.267. The van der Waals surface area contributed by atoms with Crippen molar-refractivity contribution < 1.29 is 9.13 Å². The minimum Gasteiger partial charge on any atom is -0.488 e. The Kier molecular flexibility index (Phi) is 5.74. The third-order valence-electron chi connectivity index (χ3n) is 2.37. The number of anilines is 1. The van der Waals surface area contributed by atoms with E-state index < -0.39 is 5.82 Å². The first-order chi connectivity index (χ1) is 10.0. The minimum atomic E-state index is -0.589. The minimum absolute atomic E-state index is 0.0471. The average Bonchev–Trinajstić information content (AvgIpc) is 2.46. The zero-order chi connectivity index (χ0) is 15.8. The van der Waals surface area contributed by atoms with Crippen LogP contribution in [0.5, 0.6) is 5.75 Å². The highest BCUT2D eigenvalue weighted by Gasteiger charge is 2.14. The lowest BCUT2D eigenvalue weighted by Crippen LogP contribution is -2.09. The van der Waals surface area contributed by atoms with Gasteiger partial charge in [0.2, 0.25) is 0 Å². The molecule has 0 saturated heterocycles. The van der Waals surface area contributed by atoms with Gasteiger partial charge in [0.05, 0.1) is 12.3 Å². The summed E-state index contributed by atoms with van der Waals surface area (Å²) in [4.78, 5) is 0. The fourth-order valence-corrected chi connectivity index (χ4v) is 1.42. The topological polar surface area (TPSA) is 92.6 Å². The van der Waals surface area contributed by atoms with Crippen LogP contribution in [-0.2, 0) is 0 Å². The van der Waals surface area contributed by atoms with Gasteiger partial charge in [0.15, 0.2) is 17.1 Å². The number of rotatable bonds is 5. The molecular formula is C15H13FN4O. The Morgan fingerprint density at radius 3 is 2.43 bits per heavy atom. The maximum atomic E-state index is 13.8. The van der Waals surface area contributed by atoms with E-state index in [0.717, 1.165) is 0 Å². The molecule has 0 amide bonds. The Balaban J connectivity index is 3.18. The first kappa shape index (κ1) is 16.0. The largest absolute Gasteiger partial charge is 0.488 e. The molecule has 0 spiro atoms. The molecule has 0 unspecified atom stereocenters. The zero-order valence-corrected chi connectivity index (χ0v) is 11.6. The molecule has 0 aromatic heterocycles. The Morgan fingerprint density at radius 1 is 1.24 bits per heavy atom. The number of allylic oxidation sites excluding steroid dienone is 2. The van der Waals surface area contributed by atoms with Crippen LogP contribution in [0.2, 0.25) is 0 Å². The standard InChI is InChI=1S/C15H13FN4O/c1-10(2)9-21-15-12(16)4-3-5-13(15)20-14(8-19)11(6-17)7-18/h3-5,10,20H,9H2,1-2H3. The number of benzene rings is 1. The SMILES string of the molecule is CC(C)COc1c(F)cccc1NC(C#N)=C(C#N)C#N. The second-order valence-corrected chi connectivity index (χ2v) is 4.53. The van der Waals surface area contributed by atoms with E-state index in [0.29, 0.717) is 6.61 Å². The maximum absolute atomic E-state index is 13.8. The summed E-state index contributed by atoms with van der Waals surface area (Å²) in [5.74, 6) is -0.445. The first-order valence-corrected chi connectivity index (χ1v) is 6.16. The fourth-order valence-electron chi connectivity index (χ4n) is 1.42. The summed E-state index contributed by atoms with van der Waals surface area (Å²) in [7, 11) is 0. The van der Waals surface area contributed by atoms with Crippen molar-refractivity contribution in [3.63, 3.8) is 0 Å². The molecule has 0 heterocycles. The van der Waals surface area contributed by atoms with Gasteiger partial charge in [-0.1, -0.05) is 19.9 Å². The zero-order valence-electron chi connectivity index (χ0n) is 11.6. The Bertz CT molecular complexity index is 658. The Hall–Kier alpha value is -3.04. The van der Waals surface area contributed by atoms with Gasteiger partial charge < -0.3 is 10.1 Å². The summed E-state index contributed by atoms with van der Waals surface area (Å²) in [5, 5.41) is 29.1. The Labute approximate surface area is 122 Å². The number of nitrogens with zero attached hydrogens (tertiary/aromatic N) is 3. The van der Waals surface area contributed by atoms with Gasteiger partial charge in [-0.3, -0.25) is 0 Å². The molecule has 1 rings (SSSR count). The van der Waals surface area contributed by atoms with Crippen LogP contribution in [0.25, 0.3) is 0 Å². The van der Waals surface area contributed by atoms with Crippen LogP contribution in [0.1, 0.15) is 13.8 Å². The van der Waals surface area contributed by atoms with Crippen molar-refractivity contribution in [2.45, 2.75) is 13.8 Å². The summed E-state index contributed by atoms with van der Waals surface area (Å²) < 4.78 is 19.2. The number of halogens is 1. The van der Waals surface area contributed by atoms with Crippen LogP contribution in [0, 0.1) is 45.7 Å². The molecule has 0 fully saturated rings. The van der Waals surface area contributed by atoms with E-state index in [1.54, 1.807) is 18.2 Å². The van der Waals surface area contributed by atoms with Gasteiger partial charge in [0.1, 0.15) is 23.9 Å². The molecular weight excluding hydrogens is 271 g/mol. The Morgan fingerprint density at radius 2 is 1.90 bits per heavy atom. The molecule has 0 saturated carbocycles. The predicted molar refractivity (Wildman–Crippen MR) is 74.2 cm³/mol. The lowest BCUT2D eigenvalue weighted by molar-refractivity contribution is 0.261. The number of nitriles is 3. The van der Waals surface area contributed by atoms with E-state index in [1.165, 1.54) is 18.2 Å². The second-order valence-electron chi connectivity index (χ2n) is 4.53. The van der Waals surface area contributed by atoms with Gasteiger partial charge in [0.25, 0.3) is 0 Å². The van der Waals surface area contributed by atoms with Gasteiger partial charge in [-0.15, -0.1) is 0 Å². The summed E-state index contributed by atoms with van der Waals surface area (Å²) in [6.07, 6.45) is 0. The summed E-state index contributed by atoms with van der Waals surface area (Å²) in [6, 6.07) is 9.09. The van der Waals surface area contributed by atoms with Crippen molar-refractivity contribution in [2.24, 2.45) is 5.92 Å². The van der Waals surface area contributed by atoms with E-state index >= 15 is 0 Å². The van der Waals surface area contributed by atoms with Gasteiger partial charge in [-0.25, -0.2) is 4.39 Å². The number of ether oxygens (including phenoxy) is 1. The monoisotopic (exact) mass is 284 g/mol. The second kappa shape index (κ2) is 7.53. The van der Waals surface area contributed by atoms with E-state index in [4.69, 9.17) is 20.5 Å². The van der Waals surface area contributed by atoms with E-state index in [1.807, 2.05) is 13.8 Å². The summed E-state index contributed by atoms with van der Waals surface area (Å²) in [6.45, 7) is 4.13. The summed E-state index contributed by atoms with van der Waals surface area (Å²) >= 11 is 0. The van der Waals surface area contributed by atoms with Gasteiger partial charge in [-0.2, -0.15) is 15.8 Å².